The zero-order valence-electron chi connectivity index (χ0n) is 11.9. The molecule has 0 amide bonds. The van der Waals surface area contributed by atoms with E-state index in [0.717, 1.165) is 12.3 Å². The Balaban J connectivity index is 2.65. The normalized spacial score (nSPS) is 14.6. The van der Waals surface area contributed by atoms with Crippen molar-refractivity contribution in [1.29, 1.82) is 0 Å². The summed E-state index contributed by atoms with van der Waals surface area (Å²) >= 11 is 0. The van der Waals surface area contributed by atoms with E-state index in [0.29, 0.717) is 12.5 Å². The second kappa shape index (κ2) is 6.76. The Bertz CT molecular complexity index is 365. The van der Waals surface area contributed by atoms with Gasteiger partial charge >= 0.3 is 0 Å². The summed E-state index contributed by atoms with van der Waals surface area (Å²) in [5, 5.41) is 12.6. The van der Waals surface area contributed by atoms with Crippen LogP contribution in [0, 0.1) is 0 Å². The van der Waals surface area contributed by atoms with Crippen molar-refractivity contribution >= 4 is 0 Å². The molecule has 0 heterocycles. The molecular weight excluding hydrogens is 226 g/mol. The number of nitrogens with one attached hydrogen (secondary N) is 1. The van der Waals surface area contributed by atoms with Gasteiger partial charge in [0, 0.05) is 0 Å². The number of likely N-dealkylation sites (N-methyl/N-ethyl adjacent to an activating group) is 1. The summed E-state index contributed by atoms with van der Waals surface area (Å²) in [6, 6.07) is 8.13. The fourth-order valence-electron chi connectivity index (χ4n) is 1.79. The lowest BCUT2D eigenvalue weighted by Gasteiger charge is -2.28. The zero-order chi connectivity index (χ0) is 13.6. The lowest BCUT2D eigenvalue weighted by molar-refractivity contribution is 0.117. The average molecular weight is 251 g/mol. The highest BCUT2D eigenvalue weighted by atomic mass is 16.5. The van der Waals surface area contributed by atoms with Crippen molar-refractivity contribution in [2.45, 2.75) is 39.2 Å². The highest BCUT2D eigenvalue weighted by Crippen LogP contribution is 2.20. The molecule has 102 valence electrons. The van der Waals surface area contributed by atoms with Gasteiger partial charge in [0.25, 0.3) is 0 Å². The van der Waals surface area contributed by atoms with Crippen molar-refractivity contribution in [2.24, 2.45) is 0 Å². The average Bonchev–Trinajstić information content (AvgIpc) is 2.37. The van der Waals surface area contributed by atoms with E-state index in [1.165, 1.54) is 5.56 Å². The quantitative estimate of drug-likeness (QED) is 0.782. The molecule has 18 heavy (non-hydrogen) atoms. The Morgan fingerprint density at radius 3 is 2.67 bits per heavy atom. The third-order valence-corrected chi connectivity index (χ3v) is 3.03. The van der Waals surface area contributed by atoms with Crippen LogP contribution < -0.4 is 10.1 Å². The number of hydrogen-bond donors (Lipinski definition) is 2. The lowest BCUT2D eigenvalue weighted by Crippen LogP contribution is -2.50. The molecule has 0 aliphatic rings. The van der Waals surface area contributed by atoms with Crippen molar-refractivity contribution < 1.29 is 9.84 Å². The fraction of sp³-hybridized carbons (Fsp3) is 0.600. The van der Waals surface area contributed by atoms with Crippen LogP contribution in [0.3, 0.4) is 0 Å². The second-order valence-electron chi connectivity index (χ2n) is 5.26. The number of hydrogen-bond acceptors (Lipinski definition) is 3. The van der Waals surface area contributed by atoms with Crippen LogP contribution in [-0.4, -0.2) is 30.4 Å². The van der Waals surface area contributed by atoms with Crippen LogP contribution >= 0.6 is 0 Å². The van der Waals surface area contributed by atoms with Crippen molar-refractivity contribution in [1.82, 2.24) is 5.32 Å². The van der Waals surface area contributed by atoms with Crippen molar-refractivity contribution in [3.8, 4) is 5.75 Å². The van der Waals surface area contributed by atoms with Crippen LogP contribution in [0.15, 0.2) is 24.3 Å². The van der Waals surface area contributed by atoms with Gasteiger partial charge in [-0.25, -0.2) is 0 Å². The summed E-state index contributed by atoms with van der Waals surface area (Å²) < 4.78 is 5.78. The van der Waals surface area contributed by atoms with Gasteiger partial charge < -0.3 is 15.2 Å². The van der Waals surface area contributed by atoms with Gasteiger partial charge in [0.15, 0.2) is 0 Å². The van der Waals surface area contributed by atoms with E-state index in [2.05, 4.69) is 31.3 Å². The molecule has 0 bridgehead atoms. The monoisotopic (exact) mass is 251 g/mol. The maximum absolute atomic E-state index is 9.39. The van der Waals surface area contributed by atoms with Crippen LogP contribution in [0.5, 0.6) is 5.75 Å². The first-order chi connectivity index (χ1) is 8.50. The van der Waals surface area contributed by atoms with E-state index in [-0.39, 0.29) is 12.1 Å². The molecule has 0 aliphatic carbocycles. The first-order valence-corrected chi connectivity index (χ1v) is 6.59. The molecule has 0 saturated heterocycles. The Morgan fingerprint density at radius 1 is 1.39 bits per heavy atom. The highest BCUT2D eigenvalue weighted by Gasteiger charge is 2.22. The topological polar surface area (TPSA) is 41.5 Å². The summed E-state index contributed by atoms with van der Waals surface area (Å²) in [4.78, 5) is 0. The second-order valence-corrected chi connectivity index (χ2v) is 5.26. The Hall–Kier alpha value is -1.06. The van der Waals surface area contributed by atoms with Gasteiger partial charge in [-0.1, -0.05) is 32.9 Å². The molecule has 3 heteroatoms. The molecule has 0 spiro atoms. The van der Waals surface area contributed by atoms with E-state index in [9.17, 15) is 5.11 Å². The lowest BCUT2D eigenvalue weighted by atomic mass is 10.0. The Kier molecular flexibility index (Phi) is 5.63. The van der Waals surface area contributed by atoms with Crippen molar-refractivity contribution in [3.63, 3.8) is 0 Å². The summed E-state index contributed by atoms with van der Waals surface area (Å²) in [7, 11) is 0. The zero-order valence-corrected chi connectivity index (χ0v) is 11.9. The van der Waals surface area contributed by atoms with E-state index < -0.39 is 0 Å². The molecular formula is C15H25NO2. The molecule has 1 atom stereocenters. The first kappa shape index (κ1) is 15.0. The smallest absolute Gasteiger partial charge is 0.119 e. The van der Waals surface area contributed by atoms with Gasteiger partial charge in [-0.05, 0) is 37.1 Å². The molecule has 1 aromatic carbocycles. The molecule has 2 N–H and O–H groups in total. The van der Waals surface area contributed by atoms with Gasteiger partial charge in [-0.15, -0.1) is 0 Å². The molecule has 1 unspecified atom stereocenters. The predicted molar refractivity (Wildman–Crippen MR) is 75.2 cm³/mol. The summed E-state index contributed by atoms with van der Waals surface area (Å²) in [5.74, 6) is 1.35. The largest absolute Gasteiger partial charge is 0.492 e. The van der Waals surface area contributed by atoms with Gasteiger partial charge in [-0.3, -0.25) is 0 Å². The number of aliphatic hydroxyl groups is 1. The van der Waals surface area contributed by atoms with Crippen LogP contribution in [0.1, 0.15) is 39.2 Å². The van der Waals surface area contributed by atoms with Crippen LogP contribution in [0.2, 0.25) is 0 Å². The molecule has 0 saturated carbocycles. The molecule has 1 aromatic rings. The predicted octanol–water partition coefficient (Wildman–Crippen LogP) is 2.55. The standard InChI is InChI=1S/C15H25NO2/c1-5-16-15(4,10-17)11-18-14-8-6-7-13(9-14)12(2)3/h6-9,12,16-17H,5,10-11H2,1-4H3. The minimum absolute atomic E-state index is 0.0602. The third kappa shape index (κ3) is 4.31. The van der Waals surface area contributed by atoms with Crippen LogP contribution in [-0.2, 0) is 0 Å². The molecule has 0 radical (unpaired) electrons. The number of benzene rings is 1. The highest BCUT2D eigenvalue weighted by molar-refractivity contribution is 5.30. The molecule has 0 fully saturated rings. The Morgan fingerprint density at radius 2 is 2.11 bits per heavy atom. The van der Waals surface area contributed by atoms with E-state index in [1.807, 2.05) is 26.0 Å². The maximum atomic E-state index is 9.39. The van der Waals surface area contributed by atoms with Gasteiger partial charge in [0.1, 0.15) is 12.4 Å². The van der Waals surface area contributed by atoms with Crippen LogP contribution in [0.25, 0.3) is 0 Å². The van der Waals surface area contributed by atoms with Crippen molar-refractivity contribution in [3.05, 3.63) is 29.8 Å². The first-order valence-electron chi connectivity index (χ1n) is 6.59. The van der Waals surface area contributed by atoms with Crippen molar-refractivity contribution in [2.75, 3.05) is 19.8 Å². The van der Waals surface area contributed by atoms with Crippen LogP contribution in [0.4, 0.5) is 0 Å². The molecule has 0 aliphatic heterocycles. The third-order valence-electron chi connectivity index (χ3n) is 3.03. The molecule has 3 nitrogen and oxygen atoms in total. The summed E-state index contributed by atoms with van der Waals surface area (Å²) in [6.07, 6.45) is 0. The van der Waals surface area contributed by atoms with Gasteiger partial charge in [0.2, 0.25) is 0 Å². The minimum Gasteiger partial charge on any atom is -0.492 e. The molecule has 0 aromatic heterocycles. The van der Waals surface area contributed by atoms with Gasteiger partial charge in [0.05, 0.1) is 12.1 Å². The fourth-order valence-corrected chi connectivity index (χ4v) is 1.79. The van der Waals surface area contributed by atoms with E-state index in [4.69, 9.17) is 4.74 Å². The SMILES string of the molecule is CCNC(C)(CO)COc1cccc(C(C)C)c1. The summed E-state index contributed by atoms with van der Waals surface area (Å²) in [5.41, 5.74) is 0.879. The molecule has 1 rings (SSSR count). The van der Waals surface area contributed by atoms with E-state index >= 15 is 0 Å². The van der Waals surface area contributed by atoms with Gasteiger partial charge in [-0.2, -0.15) is 0 Å². The minimum atomic E-state index is -0.386. The maximum Gasteiger partial charge on any atom is 0.119 e. The van der Waals surface area contributed by atoms with E-state index in [1.54, 1.807) is 0 Å². The Labute approximate surface area is 110 Å². The number of aliphatic hydroxyl groups excluding tert-OH is 1. The number of rotatable bonds is 7. The number of ether oxygens (including phenoxy) is 1. The summed E-state index contributed by atoms with van der Waals surface area (Å²) in [6.45, 7) is 9.64.